The zero-order valence-electron chi connectivity index (χ0n) is 15.1. The highest BCUT2D eigenvalue weighted by molar-refractivity contribution is 6.01. The first-order chi connectivity index (χ1) is 13.2. The maximum Gasteiger partial charge on any atom is 0.339 e. The zero-order valence-corrected chi connectivity index (χ0v) is 15.1. The average molecular weight is 360 g/mol. The molecule has 0 unspecified atom stereocenters. The molecule has 0 amide bonds. The van der Waals surface area contributed by atoms with Gasteiger partial charge in [-0.05, 0) is 48.4 Å². The zero-order chi connectivity index (χ0) is 19.1. The highest BCUT2D eigenvalue weighted by atomic mass is 16.5. The van der Waals surface area contributed by atoms with Crippen LogP contribution in [-0.2, 0) is 4.74 Å². The van der Waals surface area contributed by atoms with E-state index in [1.807, 2.05) is 49.4 Å². The number of Topliss-reactive ketones (excluding diaryl/α,β-unsaturated/α-hetero) is 1. The first-order valence-electron chi connectivity index (χ1n) is 8.76. The maximum atomic E-state index is 12.5. The predicted octanol–water partition coefficient (Wildman–Crippen LogP) is 4.79. The van der Waals surface area contributed by atoms with Crippen molar-refractivity contribution in [3.05, 3.63) is 90.0 Å². The van der Waals surface area contributed by atoms with Crippen molar-refractivity contribution >= 4 is 11.8 Å². The van der Waals surface area contributed by atoms with Gasteiger partial charge in [-0.2, -0.15) is 0 Å². The molecule has 0 aliphatic heterocycles. The van der Waals surface area contributed by atoms with E-state index < -0.39 is 5.97 Å². The molecule has 0 radical (unpaired) electrons. The van der Waals surface area contributed by atoms with E-state index >= 15 is 0 Å². The second kappa shape index (κ2) is 8.81. The molecule has 0 aliphatic rings. The lowest BCUT2D eigenvalue weighted by molar-refractivity contribution is 0.0475. The third-order valence-corrected chi connectivity index (χ3v) is 4.05. The number of ketones is 1. The Morgan fingerprint density at radius 2 is 1.48 bits per heavy atom. The van der Waals surface area contributed by atoms with E-state index in [4.69, 9.17) is 9.47 Å². The smallest absolute Gasteiger partial charge is 0.339 e. The summed E-state index contributed by atoms with van der Waals surface area (Å²) in [4.78, 5) is 24.8. The van der Waals surface area contributed by atoms with Gasteiger partial charge in [0.05, 0.1) is 12.2 Å². The highest BCUT2D eigenvalue weighted by Crippen LogP contribution is 2.24. The normalized spacial score (nSPS) is 10.3. The Morgan fingerprint density at radius 3 is 2.19 bits per heavy atom. The summed E-state index contributed by atoms with van der Waals surface area (Å²) in [5, 5.41) is 0. The summed E-state index contributed by atoms with van der Waals surface area (Å²) in [6.07, 6.45) is 0. The summed E-state index contributed by atoms with van der Waals surface area (Å²) < 4.78 is 10.6. The van der Waals surface area contributed by atoms with E-state index in [-0.39, 0.29) is 12.4 Å². The topological polar surface area (TPSA) is 52.6 Å². The Hall–Kier alpha value is -3.40. The van der Waals surface area contributed by atoms with Gasteiger partial charge >= 0.3 is 5.97 Å². The Labute approximate surface area is 158 Å². The number of ether oxygens (including phenoxy) is 2. The minimum atomic E-state index is -0.520. The minimum absolute atomic E-state index is 0.261. The van der Waals surface area contributed by atoms with Crippen LogP contribution in [0.2, 0.25) is 0 Å². The van der Waals surface area contributed by atoms with Gasteiger partial charge in [0, 0.05) is 5.56 Å². The van der Waals surface area contributed by atoms with Gasteiger partial charge in [0.1, 0.15) is 5.75 Å². The Morgan fingerprint density at radius 1 is 0.815 bits per heavy atom. The van der Waals surface area contributed by atoms with Crippen LogP contribution in [0.4, 0.5) is 0 Å². The molecular weight excluding hydrogens is 340 g/mol. The molecule has 27 heavy (non-hydrogen) atoms. The van der Waals surface area contributed by atoms with Crippen molar-refractivity contribution in [3.63, 3.8) is 0 Å². The van der Waals surface area contributed by atoms with Crippen LogP contribution in [0.1, 0.15) is 27.6 Å². The quantitative estimate of drug-likeness (QED) is 0.449. The van der Waals surface area contributed by atoms with Crippen molar-refractivity contribution in [1.29, 1.82) is 0 Å². The monoisotopic (exact) mass is 360 g/mol. The fraction of sp³-hybridized carbons (Fsp3) is 0.130. The second-order valence-electron chi connectivity index (χ2n) is 5.87. The van der Waals surface area contributed by atoms with E-state index in [0.29, 0.717) is 23.5 Å². The van der Waals surface area contributed by atoms with E-state index in [1.54, 1.807) is 36.4 Å². The molecule has 0 aliphatic carbocycles. The standard InChI is InChI=1S/C23H20O4/c1-2-26-19-14-12-18(13-15-19)22(24)16-27-23(25)21-11-7-6-10-20(21)17-8-4-3-5-9-17/h3-15H,2,16H2,1H3. The molecule has 3 aromatic rings. The Balaban J connectivity index is 1.69. The van der Waals surface area contributed by atoms with Crippen LogP contribution in [0.25, 0.3) is 11.1 Å². The van der Waals surface area contributed by atoms with Crippen molar-refractivity contribution < 1.29 is 19.1 Å². The first kappa shape index (κ1) is 18.4. The number of hydrogen-bond acceptors (Lipinski definition) is 4. The molecule has 0 heterocycles. The molecule has 136 valence electrons. The van der Waals surface area contributed by atoms with Crippen molar-refractivity contribution in [3.8, 4) is 16.9 Å². The maximum absolute atomic E-state index is 12.5. The summed E-state index contributed by atoms with van der Waals surface area (Å²) in [5.41, 5.74) is 2.60. The largest absolute Gasteiger partial charge is 0.494 e. The molecule has 0 bridgehead atoms. The van der Waals surface area contributed by atoms with E-state index in [9.17, 15) is 9.59 Å². The number of rotatable bonds is 7. The Bertz CT molecular complexity index is 915. The van der Waals surface area contributed by atoms with Gasteiger partial charge in [-0.15, -0.1) is 0 Å². The van der Waals surface area contributed by atoms with Crippen LogP contribution >= 0.6 is 0 Å². The van der Waals surface area contributed by atoms with E-state index in [0.717, 1.165) is 11.1 Å². The van der Waals surface area contributed by atoms with Crippen LogP contribution in [0.5, 0.6) is 5.75 Å². The average Bonchev–Trinajstić information content (AvgIpc) is 2.73. The summed E-state index contributed by atoms with van der Waals surface area (Å²) in [6, 6.07) is 23.6. The third-order valence-electron chi connectivity index (χ3n) is 4.05. The number of carbonyl (C=O) groups is 2. The fourth-order valence-corrected chi connectivity index (χ4v) is 2.73. The molecule has 0 atom stereocenters. The van der Waals surface area contributed by atoms with Gasteiger partial charge < -0.3 is 9.47 Å². The molecule has 0 spiro atoms. The van der Waals surface area contributed by atoms with Crippen molar-refractivity contribution in [1.82, 2.24) is 0 Å². The fourth-order valence-electron chi connectivity index (χ4n) is 2.73. The van der Waals surface area contributed by atoms with Crippen molar-refractivity contribution in [2.24, 2.45) is 0 Å². The van der Waals surface area contributed by atoms with Gasteiger partial charge in [0.2, 0.25) is 0 Å². The summed E-state index contributed by atoms with van der Waals surface area (Å²) in [5.74, 6) is -0.0832. The lowest BCUT2D eigenvalue weighted by atomic mass is 10.00. The number of benzene rings is 3. The molecule has 4 heteroatoms. The van der Waals surface area contributed by atoms with Crippen LogP contribution in [-0.4, -0.2) is 25.0 Å². The lowest BCUT2D eigenvalue weighted by Crippen LogP contribution is -2.15. The number of hydrogen-bond donors (Lipinski definition) is 0. The summed E-state index contributed by atoms with van der Waals surface area (Å²) in [6.45, 7) is 2.15. The Kier molecular flexibility index (Phi) is 6.00. The molecular formula is C23H20O4. The molecule has 0 fully saturated rings. The van der Waals surface area contributed by atoms with E-state index in [2.05, 4.69) is 0 Å². The second-order valence-corrected chi connectivity index (χ2v) is 5.87. The molecule has 4 nitrogen and oxygen atoms in total. The van der Waals surface area contributed by atoms with Gasteiger partial charge in [-0.1, -0.05) is 48.5 Å². The lowest BCUT2D eigenvalue weighted by Gasteiger charge is -2.10. The first-order valence-corrected chi connectivity index (χ1v) is 8.76. The molecule has 0 saturated carbocycles. The van der Waals surface area contributed by atoms with Gasteiger partial charge in [0.25, 0.3) is 0 Å². The van der Waals surface area contributed by atoms with Gasteiger partial charge in [0.15, 0.2) is 12.4 Å². The number of esters is 1. The molecule has 3 aromatic carbocycles. The van der Waals surface area contributed by atoms with Gasteiger partial charge in [-0.3, -0.25) is 4.79 Å². The van der Waals surface area contributed by atoms with Crippen LogP contribution in [0.3, 0.4) is 0 Å². The summed E-state index contributed by atoms with van der Waals surface area (Å²) in [7, 11) is 0. The molecule has 3 rings (SSSR count). The van der Waals surface area contributed by atoms with Gasteiger partial charge in [-0.25, -0.2) is 4.79 Å². The minimum Gasteiger partial charge on any atom is -0.494 e. The molecule has 0 aromatic heterocycles. The molecule has 0 saturated heterocycles. The molecule has 0 N–H and O–H groups in total. The van der Waals surface area contributed by atoms with Crippen LogP contribution < -0.4 is 4.74 Å². The predicted molar refractivity (Wildman–Crippen MR) is 104 cm³/mol. The SMILES string of the molecule is CCOc1ccc(C(=O)COC(=O)c2ccccc2-c2ccccc2)cc1. The van der Waals surface area contributed by atoms with E-state index in [1.165, 1.54) is 0 Å². The number of carbonyl (C=O) groups excluding carboxylic acids is 2. The van der Waals surface area contributed by atoms with Crippen LogP contribution in [0, 0.1) is 0 Å². The summed E-state index contributed by atoms with van der Waals surface area (Å²) >= 11 is 0. The van der Waals surface area contributed by atoms with Crippen molar-refractivity contribution in [2.75, 3.05) is 13.2 Å². The van der Waals surface area contributed by atoms with Crippen LogP contribution in [0.15, 0.2) is 78.9 Å². The van der Waals surface area contributed by atoms with Crippen molar-refractivity contribution in [2.45, 2.75) is 6.92 Å². The highest BCUT2D eigenvalue weighted by Gasteiger charge is 2.16. The third kappa shape index (κ3) is 4.61.